The SMILES string of the molecule is CCc1ccc(N(C)c2ccc(N)c3nonc23)cc1. The predicted molar refractivity (Wildman–Crippen MR) is 80.1 cm³/mol. The lowest BCUT2D eigenvalue weighted by Gasteiger charge is -2.20. The van der Waals surface area contributed by atoms with Crippen molar-refractivity contribution in [3.05, 3.63) is 42.0 Å². The van der Waals surface area contributed by atoms with Crippen molar-refractivity contribution in [2.24, 2.45) is 0 Å². The third kappa shape index (κ3) is 1.97. The standard InChI is InChI=1S/C15H16N4O/c1-3-10-4-6-11(7-5-10)19(2)13-9-8-12(16)14-15(13)18-20-17-14/h4-9H,3,16H2,1-2H3. The molecule has 0 unspecified atom stereocenters. The van der Waals surface area contributed by atoms with Crippen molar-refractivity contribution in [2.45, 2.75) is 13.3 Å². The van der Waals surface area contributed by atoms with Gasteiger partial charge in [-0.05, 0) is 46.6 Å². The third-order valence-electron chi connectivity index (χ3n) is 3.52. The van der Waals surface area contributed by atoms with Crippen LogP contribution in [0.5, 0.6) is 0 Å². The number of fused-ring (bicyclic) bond motifs is 1. The van der Waals surface area contributed by atoms with Gasteiger partial charge in [-0.1, -0.05) is 19.1 Å². The van der Waals surface area contributed by atoms with Crippen LogP contribution in [0.1, 0.15) is 12.5 Å². The van der Waals surface area contributed by atoms with Crippen LogP contribution < -0.4 is 10.6 Å². The zero-order chi connectivity index (χ0) is 14.1. The lowest BCUT2D eigenvalue weighted by atomic mass is 10.1. The second-order valence-electron chi connectivity index (χ2n) is 4.71. The van der Waals surface area contributed by atoms with Crippen molar-refractivity contribution in [3.63, 3.8) is 0 Å². The van der Waals surface area contributed by atoms with Gasteiger partial charge in [0.25, 0.3) is 0 Å². The Bertz CT molecular complexity index is 733. The predicted octanol–water partition coefficient (Wildman–Crippen LogP) is 3.14. The first-order valence-corrected chi connectivity index (χ1v) is 6.54. The molecule has 0 fully saturated rings. The highest BCUT2D eigenvalue weighted by Gasteiger charge is 2.14. The molecule has 0 bridgehead atoms. The maximum absolute atomic E-state index is 5.87. The molecule has 1 heterocycles. The maximum Gasteiger partial charge on any atom is 0.160 e. The highest BCUT2D eigenvalue weighted by atomic mass is 16.6. The van der Waals surface area contributed by atoms with E-state index in [1.165, 1.54) is 5.56 Å². The van der Waals surface area contributed by atoms with E-state index in [1.807, 2.05) is 24.1 Å². The van der Waals surface area contributed by atoms with Crippen LogP contribution in [0.4, 0.5) is 17.1 Å². The van der Waals surface area contributed by atoms with Crippen LogP contribution in [-0.4, -0.2) is 17.4 Å². The molecule has 0 aliphatic carbocycles. The van der Waals surface area contributed by atoms with Gasteiger partial charge in [0.2, 0.25) is 0 Å². The first-order chi connectivity index (χ1) is 9.70. The molecule has 3 rings (SSSR count). The molecule has 5 nitrogen and oxygen atoms in total. The number of anilines is 3. The van der Waals surface area contributed by atoms with Gasteiger partial charge in [-0.15, -0.1) is 0 Å². The summed E-state index contributed by atoms with van der Waals surface area (Å²) in [6, 6.07) is 12.2. The summed E-state index contributed by atoms with van der Waals surface area (Å²) in [5.74, 6) is 0. The number of nitrogens with two attached hydrogens (primary N) is 1. The highest BCUT2D eigenvalue weighted by molar-refractivity contribution is 5.96. The Morgan fingerprint density at radius 1 is 1.05 bits per heavy atom. The summed E-state index contributed by atoms with van der Waals surface area (Å²) in [6.45, 7) is 2.14. The minimum atomic E-state index is 0.569. The summed E-state index contributed by atoms with van der Waals surface area (Å²) in [7, 11) is 1.99. The number of aromatic nitrogens is 2. The molecule has 0 aliphatic heterocycles. The van der Waals surface area contributed by atoms with E-state index in [2.05, 4.69) is 41.5 Å². The molecule has 5 heteroatoms. The second kappa shape index (κ2) is 4.85. The monoisotopic (exact) mass is 268 g/mol. The third-order valence-corrected chi connectivity index (χ3v) is 3.52. The van der Waals surface area contributed by atoms with Crippen LogP contribution in [0, 0.1) is 0 Å². The fourth-order valence-corrected chi connectivity index (χ4v) is 2.24. The van der Waals surface area contributed by atoms with Crippen molar-refractivity contribution < 1.29 is 4.63 Å². The van der Waals surface area contributed by atoms with E-state index in [0.29, 0.717) is 16.7 Å². The molecule has 0 saturated heterocycles. The fraction of sp³-hybridized carbons (Fsp3) is 0.200. The number of nitrogen functional groups attached to an aromatic ring is 1. The van der Waals surface area contributed by atoms with Gasteiger partial charge in [0.15, 0.2) is 11.0 Å². The first-order valence-electron chi connectivity index (χ1n) is 6.54. The molecular weight excluding hydrogens is 252 g/mol. The normalized spacial score (nSPS) is 10.9. The van der Waals surface area contributed by atoms with E-state index in [4.69, 9.17) is 10.4 Å². The Morgan fingerprint density at radius 3 is 2.45 bits per heavy atom. The summed E-state index contributed by atoms with van der Waals surface area (Å²) < 4.78 is 4.80. The number of hydrogen-bond acceptors (Lipinski definition) is 5. The second-order valence-corrected chi connectivity index (χ2v) is 4.71. The molecule has 0 radical (unpaired) electrons. The Hall–Kier alpha value is -2.56. The van der Waals surface area contributed by atoms with Gasteiger partial charge >= 0.3 is 0 Å². The zero-order valence-corrected chi connectivity index (χ0v) is 11.5. The van der Waals surface area contributed by atoms with Crippen LogP contribution >= 0.6 is 0 Å². The van der Waals surface area contributed by atoms with E-state index < -0.39 is 0 Å². The summed E-state index contributed by atoms with van der Waals surface area (Å²) in [5, 5.41) is 7.80. The molecule has 0 spiro atoms. The summed E-state index contributed by atoms with van der Waals surface area (Å²) in [5.41, 5.74) is 11.0. The zero-order valence-electron chi connectivity index (χ0n) is 11.5. The molecule has 20 heavy (non-hydrogen) atoms. The molecule has 2 aromatic carbocycles. The summed E-state index contributed by atoms with van der Waals surface area (Å²) >= 11 is 0. The largest absolute Gasteiger partial charge is 0.397 e. The number of hydrogen-bond donors (Lipinski definition) is 1. The van der Waals surface area contributed by atoms with Crippen LogP contribution in [-0.2, 0) is 6.42 Å². The molecule has 0 aliphatic rings. The summed E-state index contributed by atoms with van der Waals surface area (Å²) in [4.78, 5) is 2.05. The van der Waals surface area contributed by atoms with E-state index >= 15 is 0 Å². The molecule has 102 valence electrons. The Balaban J connectivity index is 2.05. The number of aryl methyl sites for hydroxylation is 1. The van der Waals surface area contributed by atoms with Gasteiger partial charge in [-0.2, -0.15) is 0 Å². The van der Waals surface area contributed by atoms with Gasteiger partial charge in [0.05, 0.1) is 11.4 Å². The Kier molecular flexibility index (Phi) is 3.02. The van der Waals surface area contributed by atoms with E-state index in [9.17, 15) is 0 Å². The van der Waals surface area contributed by atoms with Crippen LogP contribution in [0.3, 0.4) is 0 Å². The van der Waals surface area contributed by atoms with Gasteiger partial charge in [0, 0.05) is 12.7 Å². The molecular formula is C15H16N4O. The summed E-state index contributed by atoms with van der Waals surface area (Å²) in [6.07, 6.45) is 1.03. The number of benzene rings is 2. The number of nitrogens with zero attached hydrogens (tertiary/aromatic N) is 3. The fourth-order valence-electron chi connectivity index (χ4n) is 2.24. The maximum atomic E-state index is 5.87. The van der Waals surface area contributed by atoms with Crippen molar-refractivity contribution >= 4 is 28.1 Å². The van der Waals surface area contributed by atoms with Gasteiger partial charge < -0.3 is 10.6 Å². The van der Waals surface area contributed by atoms with Gasteiger partial charge in [-0.25, -0.2) is 4.63 Å². The molecule has 3 aromatic rings. The minimum absolute atomic E-state index is 0.569. The lowest BCUT2D eigenvalue weighted by Crippen LogP contribution is -2.10. The topological polar surface area (TPSA) is 68.2 Å². The highest BCUT2D eigenvalue weighted by Crippen LogP contribution is 2.32. The van der Waals surface area contributed by atoms with E-state index in [-0.39, 0.29) is 0 Å². The quantitative estimate of drug-likeness (QED) is 0.739. The van der Waals surface area contributed by atoms with Crippen molar-refractivity contribution in [2.75, 3.05) is 17.7 Å². The number of rotatable bonds is 3. The Morgan fingerprint density at radius 2 is 1.75 bits per heavy atom. The first kappa shape index (κ1) is 12.5. The van der Waals surface area contributed by atoms with E-state index in [0.717, 1.165) is 17.8 Å². The average molecular weight is 268 g/mol. The van der Waals surface area contributed by atoms with Gasteiger partial charge in [0.1, 0.15) is 0 Å². The van der Waals surface area contributed by atoms with Crippen molar-refractivity contribution in [3.8, 4) is 0 Å². The van der Waals surface area contributed by atoms with Crippen LogP contribution in [0.25, 0.3) is 11.0 Å². The van der Waals surface area contributed by atoms with Crippen LogP contribution in [0.15, 0.2) is 41.0 Å². The Labute approximate surface area is 117 Å². The molecule has 0 saturated carbocycles. The van der Waals surface area contributed by atoms with Crippen LogP contribution in [0.2, 0.25) is 0 Å². The van der Waals surface area contributed by atoms with E-state index in [1.54, 1.807) is 0 Å². The molecule has 0 amide bonds. The van der Waals surface area contributed by atoms with Crippen molar-refractivity contribution in [1.82, 2.24) is 10.3 Å². The smallest absolute Gasteiger partial charge is 0.160 e. The average Bonchev–Trinajstić information content (AvgIpc) is 2.97. The minimum Gasteiger partial charge on any atom is -0.397 e. The molecule has 0 atom stereocenters. The molecule has 1 aromatic heterocycles. The lowest BCUT2D eigenvalue weighted by molar-refractivity contribution is 0.315. The van der Waals surface area contributed by atoms with Crippen molar-refractivity contribution in [1.29, 1.82) is 0 Å². The van der Waals surface area contributed by atoms with Gasteiger partial charge in [-0.3, -0.25) is 0 Å². The molecule has 2 N–H and O–H groups in total.